The van der Waals surface area contributed by atoms with E-state index < -0.39 is 18.6 Å². The molecule has 0 saturated carbocycles. The lowest BCUT2D eigenvalue weighted by molar-refractivity contribution is -0.140. The summed E-state index contributed by atoms with van der Waals surface area (Å²) in [5.41, 5.74) is 1.36. The van der Waals surface area contributed by atoms with E-state index in [1.165, 1.54) is 6.07 Å². The van der Waals surface area contributed by atoms with Crippen LogP contribution in [0.5, 0.6) is 0 Å². The van der Waals surface area contributed by atoms with Gasteiger partial charge in [-0.15, -0.1) is 0 Å². The number of hydrogen-bond acceptors (Lipinski definition) is 2. The van der Waals surface area contributed by atoms with Gasteiger partial charge >= 0.3 is 6.18 Å². The maximum absolute atomic E-state index is 12.4. The molecule has 0 spiro atoms. The average Bonchev–Trinajstić information content (AvgIpc) is 2.26. The largest absolute Gasteiger partial charge is 0.406 e. The van der Waals surface area contributed by atoms with Gasteiger partial charge in [-0.25, -0.2) is 0 Å². The van der Waals surface area contributed by atoms with Crippen LogP contribution in [0.2, 0.25) is 0 Å². The van der Waals surface area contributed by atoms with Crippen LogP contribution in [0.4, 0.5) is 13.2 Å². The lowest BCUT2D eigenvalue weighted by Crippen LogP contribution is -2.40. The predicted octanol–water partition coefficient (Wildman–Crippen LogP) is 3.10. The first-order valence-corrected chi connectivity index (χ1v) is 6.73. The molecular formula is C12H14BrF3N2O. The van der Waals surface area contributed by atoms with Crippen molar-refractivity contribution in [2.24, 2.45) is 0 Å². The monoisotopic (exact) mass is 338 g/mol. The van der Waals surface area contributed by atoms with Crippen molar-refractivity contribution in [1.82, 2.24) is 9.88 Å². The molecule has 0 atom stereocenters. The Morgan fingerprint density at radius 1 is 1.37 bits per heavy atom. The van der Waals surface area contributed by atoms with Gasteiger partial charge in [-0.2, -0.15) is 13.2 Å². The third-order valence-electron chi connectivity index (χ3n) is 2.47. The highest BCUT2D eigenvalue weighted by molar-refractivity contribution is 9.09. The predicted molar refractivity (Wildman–Crippen MR) is 69.5 cm³/mol. The SMILES string of the molecule is Cc1ccc(C(=O)N(CCBr)CC(F)(F)F)c(C)n1. The molecular weight excluding hydrogens is 325 g/mol. The van der Waals surface area contributed by atoms with E-state index in [0.717, 1.165) is 10.6 Å². The zero-order valence-corrected chi connectivity index (χ0v) is 12.2. The molecule has 3 nitrogen and oxygen atoms in total. The van der Waals surface area contributed by atoms with Gasteiger partial charge in [-0.1, -0.05) is 15.9 Å². The maximum Gasteiger partial charge on any atom is 0.406 e. The molecule has 0 aliphatic heterocycles. The van der Waals surface area contributed by atoms with Gasteiger partial charge in [-0.3, -0.25) is 9.78 Å². The zero-order valence-electron chi connectivity index (χ0n) is 10.6. The van der Waals surface area contributed by atoms with E-state index in [0.29, 0.717) is 5.69 Å². The molecule has 0 aliphatic carbocycles. The number of nitrogens with zero attached hydrogens (tertiary/aromatic N) is 2. The van der Waals surface area contributed by atoms with Gasteiger partial charge in [0.15, 0.2) is 0 Å². The smallest absolute Gasteiger partial charge is 0.329 e. The summed E-state index contributed by atoms with van der Waals surface area (Å²) in [6.45, 7) is 2.10. The second kappa shape index (κ2) is 6.36. The molecule has 0 bridgehead atoms. The summed E-state index contributed by atoms with van der Waals surface area (Å²) in [6, 6.07) is 3.12. The molecule has 106 valence electrons. The summed E-state index contributed by atoms with van der Waals surface area (Å²) in [6.07, 6.45) is -4.41. The minimum absolute atomic E-state index is 0.00827. The first-order valence-electron chi connectivity index (χ1n) is 5.61. The molecule has 0 fully saturated rings. The molecule has 1 rings (SSSR count). The van der Waals surface area contributed by atoms with Crippen molar-refractivity contribution in [3.8, 4) is 0 Å². The van der Waals surface area contributed by atoms with E-state index in [4.69, 9.17) is 0 Å². The molecule has 0 saturated heterocycles. The minimum atomic E-state index is -4.41. The van der Waals surface area contributed by atoms with Crippen molar-refractivity contribution >= 4 is 21.8 Å². The topological polar surface area (TPSA) is 33.2 Å². The van der Waals surface area contributed by atoms with Crippen molar-refractivity contribution < 1.29 is 18.0 Å². The van der Waals surface area contributed by atoms with Crippen LogP contribution >= 0.6 is 15.9 Å². The molecule has 0 radical (unpaired) electrons. The number of halogens is 4. The Morgan fingerprint density at radius 3 is 2.47 bits per heavy atom. The number of aryl methyl sites for hydroxylation is 2. The van der Waals surface area contributed by atoms with Crippen molar-refractivity contribution in [2.75, 3.05) is 18.4 Å². The van der Waals surface area contributed by atoms with Crippen LogP contribution in [0.3, 0.4) is 0 Å². The van der Waals surface area contributed by atoms with E-state index in [2.05, 4.69) is 20.9 Å². The zero-order chi connectivity index (χ0) is 14.6. The fraction of sp³-hybridized carbons (Fsp3) is 0.500. The summed E-state index contributed by atoms with van der Waals surface area (Å²) in [5, 5.41) is 0.285. The van der Waals surface area contributed by atoms with Gasteiger partial charge in [-0.05, 0) is 26.0 Å². The standard InChI is InChI=1S/C12H14BrF3N2O/c1-8-3-4-10(9(2)17-8)11(19)18(6-5-13)7-12(14,15)16/h3-4H,5-7H2,1-2H3. The highest BCUT2D eigenvalue weighted by Gasteiger charge is 2.33. The summed E-state index contributed by atoms with van der Waals surface area (Å²) >= 11 is 3.05. The van der Waals surface area contributed by atoms with Gasteiger partial charge in [0, 0.05) is 17.6 Å². The number of carbonyl (C=O) groups is 1. The van der Waals surface area contributed by atoms with Crippen LogP contribution < -0.4 is 0 Å². The van der Waals surface area contributed by atoms with Crippen LogP contribution in [-0.4, -0.2) is 40.4 Å². The van der Waals surface area contributed by atoms with Crippen LogP contribution in [0.1, 0.15) is 21.7 Å². The molecule has 19 heavy (non-hydrogen) atoms. The van der Waals surface area contributed by atoms with Gasteiger partial charge in [0.25, 0.3) is 5.91 Å². The Bertz CT molecular complexity index is 463. The van der Waals surface area contributed by atoms with Crippen LogP contribution in [0, 0.1) is 13.8 Å². The Kier molecular flexibility index (Phi) is 5.34. The number of aromatic nitrogens is 1. The normalized spacial score (nSPS) is 11.5. The van der Waals surface area contributed by atoms with Crippen molar-refractivity contribution in [3.63, 3.8) is 0 Å². The number of hydrogen-bond donors (Lipinski definition) is 0. The van der Waals surface area contributed by atoms with Gasteiger partial charge in [0.05, 0.1) is 11.3 Å². The number of rotatable bonds is 4. The minimum Gasteiger partial charge on any atom is -0.329 e. The van der Waals surface area contributed by atoms with E-state index >= 15 is 0 Å². The Balaban J connectivity index is 2.99. The maximum atomic E-state index is 12.4. The van der Waals surface area contributed by atoms with E-state index in [-0.39, 0.29) is 17.4 Å². The van der Waals surface area contributed by atoms with Crippen molar-refractivity contribution in [3.05, 3.63) is 29.1 Å². The quantitative estimate of drug-likeness (QED) is 0.790. The highest BCUT2D eigenvalue weighted by Crippen LogP contribution is 2.19. The van der Waals surface area contributed by atoms with Crippen molar-refractivity contribution in [1.29, 1.82) is 0 Å². The van der Waals surface area contributed by atoms with Crippen LogP contribution in [-0.2, 0) is 0 Å². The molecule has 7 heteroatoms. The van der Waals surface area contributed by atoms with Gasteiger partial charge in [0.1, 0.15) is 6.54 Å². The Morgan fingerprint density at radius 2 is 2.00 bits per heavy atom. The molecule has 0 aromatic carbocycles. The average molecular weight is 339 g/mol. The third-order valence-corrected chi connectivity index (χ3v) is 2.82. The summed E-state index contributed by atoms with van der Waals surface area (Å²) in [7, 11) is 0. The number of pyridine rings is 1. The number of amides is 1. The summed E-state index contributed by atoms with van der Waals surface area (Å²) < 4.78 is 37.3. The second-order valence-electron chi connectivity index (χ2n) is 4.12. The first kappa shape index (κ1) is 15.9. The van der Waals surface area contributed by atoms with Crippen LogP contribution in [0.25, 0.3) is 0 Å². The third kappa shape index (κ3) is 4.81. The lowest BCUT2D eigenvalue weighted by atomic mass is 10.1. The van der Waals surface area contributed by atoms with E-state index in [1.54, 1.807) is 19.9 Å². The van der Waals surface area contributed by atoms with Crippen LogP contribution in [0.15, 0.2) is 12.1 Å². The fourth-order valence-corrected chi connectivity index (χ4v) is 2.08. The summed E-state index contributed by atoms with van der Waals surface area (Å²) in [4.78, 5) is 17.0. The molecule has 1 aromatic heterocycles. The first-order chi connectivity index (χ1) is 8.74. The van der Waals surface area contributed by atoms with E-state index in [1.807, 2.05) is 0 Å². The molecule has 1 heterocycles. The highest BCUT2D eigenvalue weighted by atomic mass is 79.9. The van der Waals surface area contributed by atoms with Gasteiger partial charge < -0.3 is 4.90 Å². The Hall–Kier alpha value is -1.11. The lowest BCUT2D eigenvalue weighted by Gasteiger charge is -2.23. The number of alkyl halides is 4. The van der Waals surface area contributed by atoms with Crippen molar-refractivity contribution in [2.45, 2.75) is 20.0 Å². The fourth-order valence-electron chi connectivity index (χ4n) is 1.65. The Labute approximate surface area is 117 Å². The molecule has 0 N–H and O–H groups in total. The molecule has 1 aromatic rings. The van der Waals surface area contributed by atoms with Gasteiger partial charge in [0.2, 0.25) is 0 Å². The molecule has 1 amide bonds. The molecule has 0 unspecified atom stereocenters. The summed E-state index contributed by atoms with van der Waals surface area (Å²) in [5.74, 6) is -0.651. The number of carbonyl (C=O) groups excluding carboxylic acids is 1. The van der Waals surface area contributed by atoms with E-state index in [9.17, 15) is 18.0 Å². The molecule has 0 aliphatic rings. The second-order valence-corrected chi connectivity index (χ2v) is 4.91.